The van der Waals surface area contributed by atoms with Crippen LogP contribution in [0.15, 0.2) is 18.2 Å². The van der Waals surface area contributed by atoms with Crippen LogP contribution in [-0.2, 0) is 4.79 Å². The van der Waals surface area contributed by atoms with Crippen LogP contribution >= 0.6 is 0 Å². The zero-order valence-electron chi connectivity index (χ0n) is 12.4. The highest BCUT2D eigenvalue weighted by Crippen LogP contribution is 2.36. The second-order valence-electron chi connectivity index (χ2n) is 5.62. The number of para-hydroxylation sites is 1. The molecule has 1 aliphatic rings. The maximum Gasteiger partial charge on any atom is 0.329 e. The average Bonchev–Trinajstić information content (AvgIpc) is 2.86. The Kier molecular flexibility index (Phi) is 4.21. The van der Waals surface area contributed by atoms with E-state index in [1.165, 1.54) is 4.90 Å². The van der Waals surface area contributed by atoms with Crippen LogP contribution < -0.4 is 0 Å². The molecule has 2 rings (SSSR count). The number of phenols is 1. The van der Waals surface area contributed by atoms with Gasteiger partial charge in [0.25, 0.3) is 5.91 Å². The van der Waals surface area contributed by atoms with Gasteiger partial charge in [-0.1, -0.05) is 25.5 Å². The molecule has 1 fully saturated rings. The molecule has 0 bridgehead atoms. The minimum atomic E-state index is -1.14. The van der Waals surface area contributed by atoms with Crippen molar-refractivity contribution in [3.8, 4) is 5.75 Å². The zero-order valence-corrected chi connectivity index (χ0v) is 12.4. The Balaban J connectivity index is 2.41. The Morgan fingerprint density at radius 3 is 2.71 bits per heavy atom. The number of aliphatic carboxylic acids is 1. The van der Waals surface area contributed by atoms with Gasteiger partial charge in [-0.15, -0.1) is 0 Å². The van der Waals surface area contributed by atoms with Crippen molar-refractivity contribution in [1.82, 2.24) is 4.90 Å². The molecule has 0 radical (unpaired) electrons. The van der Waals surface area contributed by atoms with E-state index in [0.717, 1.165) is 0 Å². The van der Waals surface area contributed by atoms with Gasteiger partial charge in [0.15, 0.2) is 0 Å². The van der Waals surface area contributed by atoms with E-state index in [1.54, 1.807) is 25.1 Å². The molecule has 1 aromatic rings. The third-order valence-corrected chi connectivity index (χ3v) is 4.26. The number of likely N-dealkylation sites (tertiary alicyclic amines) is 1. The number of carboxylic acids is 1. The van der Waals surface area contributed by atoms with Gasteiger partial charge in [-0.2, -0.15) is 0 Å². The van der Waals surface area contributed by atoms with Crippen molar-refractivity contribution in [3.63, 3.8) is 0 Å². The Hall–Kier alpha value is -2.04. The lowest BCUT2D eigenvalue weighted by Gasteiger charge is -2.34. The van der Waals surface area contributed by atoms with Crippen LogP contribution in [-0.4, -0.2) is 39.1 Å². The van der Waals surface area contributed by atoms with Crippen LogP contribution in [0.4, 0.5) is 0 Å². The van der Waals surface area contributed by atoms with Gasteiger partial charge >= 0.3 is 5.97 Å². The molecular weight excluding hydrogens is 270 g/mol. The number of aryl methyl sites for hydroxylation is 1. The SMILES string of the molecule is CCCC1(C(=O)O)CCCN1C(=O)c1cccc(C)c1O. The second kappa shape index (κ2) is 5.76. The van der Waals surface area contributed by atoms with Crippen LogP contribution in [0, 0.1) is 6.92 Å². The van der Waals surface area contributed by atoms with Crippen LogP contribution in [0.1, 0.15) is 48.5 Å². The first-order valence-electron chi connectivity index (χ1n) is 7.28. The fourth-order valence-corrected chi connectivity index (χ4v) is 3.15. The van der Waals surface area contributed by atoms with Gasteiger partial charge in [-0.3, -0.25) is 4.79 Å². The standard InChI is InChI=1S/C16H21NO4/c1-3-8-16(15(20)21)9-5-10-17(16)14(19)12-7-4-6-11(2)13(12)18/h4,6-7,18H,3,5,8-10H2,1-2H3,(H,20,21). The molecular formula is C16H21NO4. The first-order chi connectivity index (χ1) is 9.94. The van der Waals surface area contributed by atoms with E-state index >= 15 is 0 Å². The van der Waals surface area contributed by atoms with Gasteiger partial charge in [0.1, 0.15) is 11.3 Å². The minimum absolute atomic E-state index is 0.0646. The van der Waals surface area contributed by atoms with Crippen molar-refractivity contribution in [1.29, 1.82) is 0 Å². The summed E-state index contributed by atoms with van der Waals surface area (Å²) in [5.74, 6) is -1.42. The molecule has 0 saturated carbocycles. The molecule has 1 heterocycles. The lowest BCUT2D eigenvalue weighted by molar-refractivity contribution is -0.148. The predicted molar refractivity (Wildman–Crippen MR) is 78.4 cm³/mol. The number of carbonyl (C=O) groups is 2. The number of rotatable bonds is 4. The highest BCUT2D eigenvalue weighted by atomic mass is 16.4. The Morgan fingerprint density at radius 2 is 2.10 bits per heavy atom. The van der Waals surface area contributed by atoms with Gasteiger partial charge in [0.05, 0.1) is 5.56 Å². The maximum atomic E-state index is 12.7. The summed E-state index contributed by atoms with van der Waals surface area (Å²) in [4.78, 5) is 25.9. The fourth-order valence-electron chi connectivity index (χ4n) is 3.15. The van der Waals surface area contributed by atoms with E-state index in [0.29, 0.717) is 37.8 Å². The van der Waals surface area contributed by atoms with Crippen molar-refractivity contribution in [2.45, 2.75) is 45.1 Å². The maximum absolute atomic E-state index is 12.7. The number of hydrogen-bond donors (Lipinski definition) is 2. The molecule has 5 heteroatoms. The van der Waals surface area contributed by atoms with Crippen LogP contribution in [0.5, 0.6) is 5.75 Å². The molecule has 21 heavy (non-hydrogen) atoms. The monoisotopic (exact) mass is 291 g/mol. The van der Waals surface area contributed by atoms with Gasteiger partial charge in [-0.05, 0) is 37.8 Å². The predicted octanol–water partition coefficient (Wildman–Crippen LogP) is 2.56. The summed E-state index contributed by atoms with van der Waals surface area (Å²) in [5.41, 5.74) is -0.350. The first-order valence-corrected chi connectivity index (χ1v) is 7.28. The number of aromatic hydroxyl groups is 1. The first kappa shape index (κ1) is 15.4. The number of benzene rings is 1. The van der Waals surface area contributed by atoms with Gasteiger partial charge < -0.3 is 15.1 Å². The van der Waals surface area contributed by atoms with Crippen molar-refractivity contribution in [2.75, 3.05) is 6.54 Å². The van der Waals surface area contributed by atoms with Crippen molar-refractivity contribution in [3.05, 3.63) is 29.3 Å². The molecule has 1 amide bonds. The number of hydrogen-bond acceptors (Lipinski definition) is 3. The van der Waals surface area contributed by atoms with Gasteiger partial charge in [0, 0.05) is 6.54 Å². The minimum Gasteiger partial charge on any atom is -0.507 e. The molecule has 5 nitrogen and oxygen atoms in total. The summed E-state index contributed by atoms with van der Waals surface area (Å²) in [6.07, 6.45) is 2.26. The molecule has 1 atom stereocenters. The number of amides is 1. The second-order valence-corrected chi connectivity index (χ2v) is 5.62. The number of nitrogens with zero attached hydrogens (tertiary/aromatic N) is 1. The lowest BCUT2D eigenvalue weighted by atomic mass is 9.90. The molecule has 1 aromatic carbocycles. The van der Waals surface area contributed by atoms with Crippen LogP contribution in [0.25, 0.3) is 0 Å². The zero-order chi connectivity index (χ0) is 15.6. The number of carbonyl (C=O) groups excluding carboxylic acids is 1. The van der Waals surface area contributed by atoms with Crippen LogP contribution in [0.3, 0.4) is 0 Å². The van der Waals surface area contributed by atoms with E-state index < -0.39 is 17.4 Å². The smallest absolute Gasteiger partial charge is 0.329 e. The van der Waals surface area contributed by atoms with E-state index in [4.69, 9.17) is 0 Å². The number of phenolic OH excluding ortho intramolecular Hbond substituents is 1. The molecule has 1 aliphatic heterocycles. The largest absolute Gasteiger partial charge is 0.507 e. The van der Waals surface area contributed by atoms with E-state index in [9.17, 15) is 19.8 Å². The average molecular weight is 291 g/mol. The normalized spacial score (nSPS) is 21.5. The van der Waals surface area contributed by atoms with Gasteiger partial charge in [-0.25, -0.2) is 4.79 Å². The summed E-state index contributed by atoms with van der Waals surface area (Å²) in [5, 5.41) is 19.7. The Labute approximate surface area is 124 Å². The molecule has 2 N–H and O–H groups in total. The Morgan fingerprint density at radius 1 is 1.38 bits per heavy atom. The van der Waals surface area contributed by atoms with Crippen LogP contribution in [0.2, 0.25) is 0 Å². The fraction of sp³-hybridized carbons (Fsp3) is 0.500. The van der Waals surface area contributed by atoms with Gasteiger partial charge in [0.2, 0.25) is 0 Å². The molecule has 0 spiro atoms. The molecule has 0 aromatic heterocycles. The van der Waals surface area contributed by atoms with E-state index in [1.807, 2.05) is 6.92 Å². The highest BCUT2D eigenvalue weighted by molar-refractivity contribution is 6.00. The van der Waals surface area contributed by atoms with Crippen molar-refractivity contribution < 1.29 is 19.8 Å². The van der Waals surface area contributed by atoms with Crippen molar-refractivity contribution >= 4 is 11.9 Å². The quantitative estimate of drug-likeness (QED) is 0.893. The summed E-state index contributed by atoms with van der Waals surface area (Å²) in [6, 6.07) is 4.95. The highest BCUT2D eigenvalue weighted by Gasteiger charge is 2.49. The summed E-state index contributed by atoms with van der Waals surface area (Å²) < 4.78 is 0. The van der Waals surface area contributed by atoms with Crippen molar-refractivity contribution in [2.24, 2.45) is 0 Å². The topological polar surface area (TPSA) is 77.8 Å². The number of carboxylic acid groups (broad SMARTS) is 1. The summed E-state index contributed by atoms with van der Waals surface area (Å²) in [7, 11) is 0. The lowest BCUT2D eigenvalue weighted by Crippen LogP contribution is -2.53. The molecule has 1 saturated heterocycles. The third-order valence-electron chi connectivity index (χ3n) is 4.26. The third kappa shape index (κ3) is 2.48. The van der Waals surface area contributed by atoms with E-state index in [2.05, 4.69) is 0 Å². The molecule has 0 aliphatic carbocycles. The van der Waals surface area contributed by atoms with E-state index in [-0.39, 0.29) is 11.3 Å². The Bertz CT molecular complexity index is 569. The molecule has 1 unspecified atom stereocenters. The summed E-state index contributed by atoms with van der Waals surface area (Å²) in [6.45, 7) is 4.04. The summed E-state index contributed by atoms with van der Waals surface area (Å²) >= 11 is 0. The molecule has 114 valence electrons.